The van der Waals surface area contributed by atoms with Crippen LogP contribution in [0.3, 0.4) is 0 Å². The fourth-order valence-electron chi connectivity index (χ4n) is 3.28. The van der Waals surface area contributed by atoms with E-state index in [-0.39, 0.29) is 0 Å². The normalized spacial score (nSPS) is 21.1. The summed E-state index contributed by atoms with van der Waals surface area (Å²) in [6.07, 6.45) is 5.86. The summed E-state index contributed by atoms with van der Waals surface area (Å²) in [6.45, 7) is 8.71. The first-order chi connectivity index (χ1) is 9.86. The summed E-state index contributed by atoms with van der Waals surface area (Å²) in [7, 11) is 1.77. The van der Waals surface area contributed by atoms with E-state index >= 15 is 0 Å². The summed E-state index contributed by atoms with van der Waals surface area (Å²) in [4.78, 5) is 9.69. The summed E-state index contributed by atoms with van der Waals surface area (Å²) < 4.78 is 7.64. The second-order valence-electron chi connectivity index (χ2n) is 5.89. The van der Waals surface area contributed by atoms with E-state index in [2.05, 4.69) is 25.5 Å². The molecule has 5 heteroatoms. The van der Waals surface area contributed by atoms with Gasteiger partial charge in [-0.3, -0.25) is 9.80 Å². The largest absolute Gasteiger partial charge is 0.383 e. The predicted octanol–water partition coefficient (Wildman–Crippen LogP) is 0.983. The fraction of sp³-hybridized carbons (Fsp3) is 0.800. The molecule has 0 radical (unpaired) electrons. The number of ether oxygens (including phenoxy) is 1. The minimum Gasteiger partial charge on any atom is -0.383 e. The summed E-state index contributed by atoms with van der Waals surface area (Å²) >= 11 is 0. The predicted molar refractivity (Wildman–Crippen MR) is 78.8 cm³/mol. The van der Waals surface area contributed by atoms with Gasteiger partial charge in [-0.1, -0.05) is 0 Å². The molecule has 0 aliphatic carbocycles. The second kappa shape index (κ2) is 6.70. The van der Waals surface area contributed by atoms with Crippen LogP contribution in [0.2, 0.25) is 0 Å². The number of methoxy groups -OCH3 is 1. The molecule has 0 saturated carbocycles. The minimum absolute atomic E-state index is 0.822. The van der Waals surface area contributed by atoms with Crippen LogP contribution in [-0.4, -0.2) is 65.8 Å². The van der Waals surface area contributed by atoms with Gasteiger partial charge in [0.1, 0.15) is 5.82 Å². The zero-order valence-electron chi connectivity index (χ0n) is 12.6. The van der Waals surface area contributed by atoms with Crippen molar-refractivity contribution >= 4 is 0 Å². The van der Waals surface area contributed by atoms with E-state index in [4.69, 9.17) is 4.74 Å². The molecule has 0 amide bonds. The second-order valence-corrected chi connectivity index (χ2v) is 5.89. The first kappa shape index (κ1) is 14.0. The van der Waals surface area contributed by atoms with Crippen molar-refractivity contribution in [2.24, 2.45) is 0 Å². The van der Waals surface area contributed by atoms with Crippen LogP contribution in [0.15, 0.2) is 6.20 Å². The monoisotopic (exact) mass is 278 g/mol. The molecule has 3 rings (SSSR count). The van der Waals surface area contributed by atoms with E-state index in [0.29, 0.717) is 0 Å². The average molecular weight is 278 g/mol. The number of imidazole rings is 1. The molecule has 2 aliphatic rings. The van der Waals surface area contributed by atoms with Crippen LogP contribution in [0.4, 0.5) is 0 Å². The maximum atomic E-state index is 5.19. The van der Waals surface area contributed by atoms with Gasteiger partial charge in [-0.2, -0.15) is 0 Å². The molecule has 3 heterocycles. The van der Waals surface area contributed by atoms with Crippen molar-refractivity contribution in [3.8, 4) is 0 Å². The lowest BCUT2D eigenvalue weighted by Crippen LogP contribution is -2.30. The molecule has 2 aliphatic heterocycles. The number of likely N-dealkylation sites (tertiary alicyclic amines) is 1. The van der Waals surface area contributed by atoms with Crippen molar-refractivity contribution < 1.29 is 4.74 Å². The first-order valence-corrected chi connectivity index (χ1v) is 7.84. The number of hydrogen-bond acceptors (Lipinski definition) is 4. The zero-order chi connectivity index (χ0) is 13.8. The standard InChI is InChI=1S/C15H26N4O/c1-20-11-10-17-7-4-15-16-12-14(19(15)9-8-17)13-18-5-2-3-6-18/h12H,2-11,13H2,1H3. The van der Waals surface area contributed by atoms with Gasteiger partial charge in [-0.15, -0.1) is 0 Å². The number of fused-ring (bicyclic) bond motifs is 1. The SMILES string of the molecule is COCCN1CCc2ncc(CN3CCCC3)n2CC1. The van der Waals surface area contributed by atoms with Gasteiger partial charge in [-0.25, -0.2) is 4.98 Å². The molecule has 5 nitrogen and oxygen atoms in total. The van der Waals surface area contributed by atoms with Gasteiger partial charge < -0.3 is 9.30 Å². The molecule has 0 unspecified atom stereocenters. The fourth-order valence-corrected chi connectivity index (χ4v) is 3.28. The molecule has 1 aromatic rings. The molecule has 112 valence electrons. The molecule has 0 spiro atoms. The molecular formula is C15H26N4O. The van der Waals surface area contributed by atoms with E-state index in [9.17, 15) is 0 Å². The highest BCUT2D eigenvalue weighted by Gasteiger charge is 2.19. The van der Waals surface area contributed by atoms with Crippen LogP contribution in [0, 0.1) is 0 Å². The molecule has 20 heavy (non-hydrogen) atoms. The molecule has 0 N–H and O–H groups in total. The van der Waals surface area contributed by atoms with Crippen LogP contribution < -0.4 is 0 Å². The van der Waals surface area contributed by atoms with Crippen LogP contribution in [0.1, 0.15) is 24.4 Å². The van der Waals surface area contributed by atoms with Crippen molar-refractivity contribution in [3.05, 3.63) is 17.7 Å². The number of rotatable bonds is 5. The van der Waals surface area contributed by atoms with E-state index in [1.165, 1.54) is 37.4 Å². The third-order valence-corrected chi connectivity index (χ3v) is 4.51. The van der Waals surface area contributed by atoms with Gasteiger partial charge in [0.25, 0.3) is 0 Å². The molecule has 0 aromatic carbocycles. The Balaban J connectivity index is 1.62. The lowest BCUT2D eigenvalue weighted by atomic mass is 10.4. The van der Waals surface area contributed by atoms with E-state index in [0.717, 1.165) is 45.8 Å². The van der Waals surface area contributed by atoms with Gasteiger partial charge in [0.15, 0.2) is 0 Å². The maximum Gasteiger partial charge on any atom is 0.110 e. The molecule has 1 fully saturated rings. The van der Waals surface area contributed by atoms with Crippen molar-refractivity contribution in [2.45, 2.75) is 32.4 Å². The molecule has 0 bridgehead atoms. The van der Waals surface area contributed by atoms with Crippen molar-refractivity contribution in [3.63, 3.8) is 0 Å². The van der Waals surface area contributed by atoms with Gasteiger partial charge in [-0.05, 0) is 25.9 Å². The summed E-state index contributed by atoms with van der Waals surface area (Å²) in [5.41, 5.74) is 1.40. The average Bonchev–Trinajstić information content (AvgIpc) is 3.05. The van der Waals surface area contributed by atoms with Crippen LogP contribution in [0.25, 0.3) is 0 Å². The topological polar surface area (TPSA) is 33.5 Å². The van der Waals surface area contributed by atoms with E-state index in [1.807, 2.05) is 0 Å². The van der Waals surface area contributed by atoms with Gasteiger partial charge in [0.2, 0.25) is 0 Å². The highest BCUT2D eigenvalue weighted by Crippen LogP contribution is 2.16. The minimum atomic E-state index is 0.822. The van der Waals surface area contributed by atoms with Crippen LogP contribution in [-0.2, 0) is 24.2 Å². The van der Waals surface area contributed by atoms with E-state index < -0.39 is 0 Å². The molecule has 0 atom stereocenters. The Labute approximate surface area is 121 Å². The third kappa shape index (κ3) is 3.22. The first-order valence-electron chi connectivity index (χ1n) is 7.84. The maximum absolute atomic E-state index is 5.19. The Morgan fingerprint density at radius 2 is 1.95 bits per heavy atom. The van der Waals surface area contributed by atoms with Crippen molar-refractivity contribution in [2.75, 3.05) is 46.4 Å². The van der Waals surface area contributed by atoms with Crippen LogP contribution in [0.5, 0.6) is 0 Å². The number of hydrogen-bond donors (Lipinski definition) is 0. The lowest BCUT2D eigenvalue weighted by Gasteiger charge is -2.19. The smallest absolute Gasteiger partial charge is 0.110 e. The highest BCUT2D eigenvalue weighted by molar-refractivity contribution is 5.07. The highest BCUT2D eigenvalue weighted by atomic mass is 16.5. The quantitative estimate of drug-likeness (QED) is 0.804. The Hall–Kier alpha value is -0.910. The number of nitrogens with zero attached hydrogens (tertiary/aromatic N) is 4. The number of aromatic nitrogens is 2. The summed E-state index contributed by atoms with van der Waals surface area (Å²) in [5.74, 6) is 1.26. The molecular weight excluding hydrogens is 252 g/mol. The summed E-state index contributed by atoms with van der Waals surface area (Å²) in [6, 6.07) is 0. The van der Waals surface area contributed by atoms with Crippen LogP contribution >= 0.6 is 0 Å². The molecule has 1 saturated heterocycles. The Kier molecular flexibility index (Phi) is 4.70. The van der Waals surface area contributed by atoms with Crippen molar-refractivity contribution in [1.82, 2.24) is 19.4 Å². The summed E-state index contributed by atoms with van der Waals surface area (Å²) in [5, 5.41) is 0. The van der Waals surface area contributed by atoms with Gasteiger partial charge >= 0.3 is 0 Å². The van der Waals surface area contributed by atoms with Gasteiger partial charge in [0.05, 0.1) is 12.3 Å². The Bertz CT molecular complexity index is 426. The Morgan fingerprint density at radius 3 is 2.75 bits per heavy atom. The van der Waals surface area contributed by atoms with E-state index in [1.54, 1.807) is 7.11 Å². The van der Waals surface area contributed by atoms with Gasteiger partial charge in [0, 0.05) is 52.5 Å². The zero-order valence-corrected chi connectivity index (χ0v) is 12.6. The lowest BCUT2D eigenvalue weighted by molar-refractivity contribution is 0.148. The van der Waals surface area contributed by atoms with Crippen molar-refractivity contribution in [1.29, 1.82) is 0 Å². The molecule has 1 aromatic heterocycles. The Morgan fingerprint density at radius 1 is 1.10 bits per heavy atom. The third-order valence-electron chi connectivity index (χ3n) is 4.51.